The number of esters is 1. The zero-order valence-electron chi connectivity index (χ0n) is 16.9. The maximum Gasteiger partial charge on any atom is 0.350 e. The summed E-state index contributed by atoms with van der Waals surface area (Å²) < 4.78 is 4.72. The molecule has 0 saturated heterocycles. The third-order valence-corrected chi connectivity index (χ3v) is 7.25. The Bertz CT molecular complexity index is 1100. The highest BCUT2D eigenvalue weighted by molar-refractivity contribution is 8.00. The normalized spacial score (nSPS) is 10.4. The van der Waals surface area contributed by atoms with Crippen molar-refractivity contribution in [2.24, 2.45) is 0 Å². The highest BCUT2D eigenvalue weighted by atomic mass is 35.5. The van der Waals surface area contributed by atoms with Crippen LogP contribution < -0.4 is 10.6 Å². The summed E-state index contributed by atoms with van der Waals surface area (Å²) in [6, 6.07) is 16.2. The monoisotopic (exact) mass is 506 g/mol. The second-order valence-corrected chi connectivity index (χ2v) is 9.70. The van der Waals surface area contributed by atoms with Crippen molar-refractivity contribution < 1.29 is 19.1 Å². The number of amides is 2. The third kappa shape index (κ3) is 7.03. The largest absolute Gasteiger partial charge is 0.465 e. The first-order valence-electron chi connectivity index (χ1n) is 9.32. The van der Waals surface area contributed by atoms with Gasteiger partial charge < -0.3 is 15.4 Å². The molecule has 2 amide bonds. The molecule has 1 heterocycles. The lowest BCUT2D eigenvalue weighted by molar-refractivity contribution is -0.114. The molecular weight excluding hydrogens is 488 g/mol. The van der Waals surface area contributed by atoms with Crippen molar-refractivity contribution in [2.75, 3.05) is 29.2 Å². The molecule has 0 unspecified atom stereocenters. The molecule has 0 aliphatic rings. The van der Waals surface area contributed by atoms with Gasteiger partial charge in [-0.05, 0) is 47.8 Å². The van der Waals surface area contributed by atoms with E-state index in [2.05, 4.69) is 10.6 Å². The molecule has 0 radical (unpaired) electrons. The fraction of sp³-hybridized carbons (Fsp3) is 0.136. The second-order valence-electron chi connectivity index (χ2n) is 6.28. The molecule has 6 nitrogen and oxygen atoms in total. The molecular formula is C22H19ClN2O4S3. The number of hydrogen-bond donors (Lipinski definition) is 2. The Morgan fingerprint density at radius 2 is 1.56 bits per heavy atom. The molecule has 0 aliphatic carbocycles. The van der Waals surface area contributed by atoms with Gasteiger partial charge in [0.25, 0.3) is 0 Å². The first kappa shape index (κ1) is 24.2. The van der Waals surface area contributed by atoms with E-state index in [1.807, 2.05) is 30.3 Å². The Balaban J connectivity index is 1.54. The van der Waals surface area contributed by atoms with Crippen LogP contribution in [-0.2, 0) is 14.3 Å². The molecule has 0 saturated carbocycles. The van der Waals surface area contributed by atoms with Gasteiger partial charge in [0.2, 0.25) is 11.8 Å². The first-order valence-corrected chi connectivity index (χ1v) is 12.5. The number of hydrogen-bond acceptors (Lipinski definition) is 7. The van der Waals surface area contributed by atoms with E-state index in [0.29, 0.717) is 21.3 Å². The predicted octanol–water partition coefficient (Wildman–Crippen LogP) is 5.65. The van der Waals surface area contributed by atoms with Crippen LogP contribution in [0.15, 0.2) is 69.8 Å². The number of ether oxygens (including phenoxy) is 1. The number of halogens is 1. The SMILES string of the molecule is COC(=O)c1sccc1NC(=O)CSc1ccccc1NC(=O)CSc1ccc(Cl)cc1. The van der Waals surface area contributed by atoms with Crippen molar-refractivity contribution in [3.8, 4) is 0 Å². The van der Waals surface area contributed by atoms with Gasteiger partial charge in [0.15, 0.2) is 0 Å². The van der Waals surface area contributed by atoms with Gasteiger partial charge in [-0.25, -0.2) is 4.79 Å². The van der Waals surface area contributed by atoms with E-state index >= 15 is 0 Å². The van der Waals surface area contributed by atoms with Gasteiger partial charge in [-0.3, -0.25) is 9.59 Å². The molecule has 3 aromatic rings. The summed E-state index contributed by atoms with van der Waals surface area (Å²) >= 11 is 9.78. The lowest BCUT2D eigenvalue weighted by Gasteiger charge is -2.11. The lowest BCUT2D eigenvalue weighted by atomic mass is 10.3. The molecule has 0 atom stereocenters. The maximum atomic E-state index is 12.4. The van der Waals surface area contributed by atoms with Gasteiger partial charge in [-0.2, -0.15) is 0 Å². The van der Waals surface area contributed by atoms with Crippen LogP contribution in [0.4, 0.5) is 11.4 Å². The fourth-order valence-electron chi connectivity index (χ4n) is 2.55. The summed E-state index contributed by atoms with van der Waals surface area (Å²) in [6.07, 6.45) is 0. The molecule has 32 heavy (non-hydrogen) atoms. The molecule has 0 fully saturated rings. The Hall–Kier alpha value is -2.46. The predicted molar refractivity (Wildman–Crippen MR) is 132 cm³/mol. The second kappa shape index (κ2) is 12.0. The number of methoxy groups -OCH3 is 1. The number of carbonyl (C=O) groups excluding carboxylic acids is 3. The van der Waals surface area contributed by atoms with Crippen LogP contribution in [0.1, 0.15) is 9.67 Å². The third-order valence-electron chi connectivity index (χ3n) is 4.01. The van der Waals surface area contributed by atoms with E-state index in [1.54, 1.807) is 29.6 Å². The van der Waals surface area contributed by atoms with Crippen molar-refractivity contribution in [1.29, 1.82) is 0 Å². The van der Waals surface area contributed by atoms with E-state index in [0.717, 1.165) is 9.79 Å². The van der Waals surface area contributed by atoms with Crippen molar-refractivity contribution in [3.05, 3.63) is 69.9 Å². The van der Waals surface area contributed by atoms with Crippen molar-refractivity contribution in [3.63, 3.8) is 0 Å². The minimum atomic E-state index is -0.493. The van der Waals surface area contributed by atoms with E-state index < -0.39 is 5.97 Å². The van der Waals surface area contributed by atoms with Crippen LogP contribution in [0.2, 0.25) is 5.02 Å². The van der Waals surface area contributed by atoms with Crippen molar-refractivity contribution >= 4 is 75.6 Å². The zero-order chi connectivity index (χ0) is 22.9. The molecule has 166 valence electrons. The highest BCUT2D eigenvalue weighted by Gasteiger charge is 2.16. The van der Waals surface area contributed by atoms with Crippen LogP contribution in [0.3, 0.4) is 0 Å². The topological polar surface area (TPSA) is 84.5 Å². The smallest absolute Gasteiger partial charge is 0.350 e. The maximum absolute atomic E-state index is 12.4. The summed E-state index contributed by atoms with van der Waals surface area (Å²) in [7, 11) is 1.29. The van der Waals surface area contributed by atoms with Gasteiger partial charge in [-0.1, -0.05) is 23.7 Å². The summed E-state index contributed by atoms with van der Waals surface area (Å²) in [5.41, 5.74) is 1.06. The molecule has 10 heteroatoms. The van der Waals surface area contributed by atoms with E-state index in [1.165, 1.54) is 42.0 Å². The van der Waals surface area contributed by atoms with Crippen molar-refractivity contribution in [1.82, 2.24) is 0 Å². The highest BCUT2D eigenvalue weighted by Crippen LogP contribution is 2.29. The molecule has 0 aliphatic heterocycles. The van der Waals surface area contributed by atoms with E-state index in [9.17, 15) is 14.4 Å². The minimum absolute atomic E-state index is 0.114. The average Bonchev–Trinajstić information content (AvgIpc) is 3.25. The van der Waals surface area contributed by atoms with Crippen LogP contribution in [-0.4, -0.2) is 36.4 Å². The Morgan fingerprint density at radius 1 is 0.906 bits per heavy atom. The van der Waals surface area contributed by atoms with Gasteiger partial charge >= 0.3 is 5.97 Å². The van der Waals surface area contributed by atoms with Crippen molar-refractivity contribution in [2.45, 2.75) is 9.79 Å². The Morgan fingerprint density at radius 3 is 2.28 bits per heavy atom. The van der Waals surface area contributed by atoms with E-state index in [-0.39, 0.29) is 23.3 Å². The Labute approximate surface area is 203 Å². The van der Waals surface area contributed by atoms with Crippen LogP contribution in [0, 0.1) is 0 Å². The molecule has 0 bridgehead atoms. The number of benzene rings is 2. The standard InChI is InChI=1S/C22H19ClN2O4S3/c1-29-22(28)21-17(10-11-30-21)25-20(27)13-32-18-5-3-2-4-16(18)24-19(26)12-31-15-8-6-14(23)7-9-15/h2-11H,12-13H2,1H3,(H,24,26)(H,25,27). The molecule has 2 N–H and O–H groups in total. The van der Waals surface area contributed by atoms with Crippen LogP contribution in [0.25, 0.3) is 0 Å². The first-order chi connectivity index (χ1) is 15.5. The molecule has 3 rings (SSSR count). The summed E-state index contributed by atoms with van der Waals surface area (Å²) in [5.74, 6) is -0.549. The van der Waals surface area contributed by atoms with Crippen LogP contribution >= 0.6 is 46.5 Å². The quantitative estimate of drug-likeness (QED) is 0.288. The van der Waals surface area contributed by atoms with Gasteiger partial charge in [0.1, 0.15) is 4.88 Å². The molecule has 0 spiro atoms. The molecule has 2 aromatic carbocycles. The van der Waals surface area contributed by atoms with Gasteiger partial charge in [-0.15, -0.1) is 34.9 Å². The number of thioether (sulfide) groups is 2. The minimum Gasteiger partial charge on any atom is -0.465 e. The lowest BCUT2D eigenvalue weighted by Crippen LogP contribution is -2.17. The fourth-order valence-corrected chi connectivity index (χ4v) is 4.95. The number of anilines is 2. The van der Waals surface area contributed by atoms with Crippen LogP contribution in [0.5, 0.6) is 0 Å². The van der Waals surface area contributed by atoms with Gasteiger partial charge in [0.05, 0.1) is 30.0 Å². The molecule has 1 aromatic heterocycles. The number of thiophene rings is 1. The average molecular weight is 507 g/mol. The summed E-state index contributed by atoms with van der Waals surface area (Å²) in [4.78, 5) is 38.6. The number of rotatable bonds is 9. The zero-order valence-corrected chi connectivity index (χ0v) is 20.1. The van der Waals surface area contributed by atoms with Gasteiger partial charge in [0, 0.05) is 14.8 Å². The summed E-state index contributed by atoms with van der Waals surface area (Å²) in [6.45, 7) is 0. The number of para-hydroxylation sites is 1. The summed E-state index contributed by atoms with van der Waals surface area (Å²) in [5, 5.41) is 7.98. The number of nitrogens with one attached hydrogen (secondary N) is 2. The Kier molecular flexibility index (Phi) is 9.04. The van der Waals surface area contributed by atoms with E-state index in [4.69, 9.17) is 16.3 Å². The number of carbonyl (C=O) groups is 3.